The third kappa shape index (κ3) is 3.30. The molecule has 0 amide bonds. The van der Waals surface area contributed by atoms with E-state index in [-0.39, 0.29) is 24.0 Å². The lowest BCUT2D eigenvalue weighted by Crippen LogP contribution is -2.17. The van der Waals surface area contributed by atoms with Gasteiger partial charge in [-0.25, -0.2) is 0 Å². The number of nitrogens with zero attached hydrogens (tertiary/aromatic N) is 3. The molecule has 0 N–H and O–H groups in total. The van der Waals surface area contributed by atoms with E-state index in [4.69, 9.17) is 4.74 Å². The molecule has 2 rings (SSSR count). The van der Waals surface area contributed by atoms with Gasteiger partial charge in [-0.15, -0.1) is 0 Å². The van der Waals surface area contributed by atoms with Crippen molar-refractivity contribution in [2.45, 2.75) is 33.4 Å². The zero-order valence-electron chi connectivity index (χ0n) is 12.6. The van der Waals surface area contributed by atoms with Crippen LogP contribution in [0.1, 0.15) is 30.0 Å². The van der Waals surface area contributed by atoms with Gasteiger partial charge in [-0.3, -0.25) is 19.6 Å². The number of aryl methyl sites for hydroxylation is 1. The topological polar surface area (TPSA) is 87.3 Å². The van der Waals surface area contributed by atoms with Crippen LogP contribution >= 0.6 is 0 Å². The van der Waals surface area contributed by atoms with E-state index in [1.807, 2.05) is 30.3 Å². The van der Waals surface area contributed by atoms with E-state index in [1.54, 1.807) is 20.8 Å². The minimum absolute atomic E-state index is 0.0658. The SMILES string of the molecule is Cc1nn(CC(=O)O[C@H](C)c2ccccc2)c(C)c1[N+](=O)[O-]. The van der Waals surface area contributed by atoms with Crippen molar-refractivity contribution in [3.05, 3.63) is 57.4 Å². The Balaban J connectivity index is 2.07. The van der Waals surface area contributed by atoms with Crippen molar-refractivity contribution in [3.63, 3.8) is 0 Å². The molecule has 22 heavy (non-hydrogen) atoms. The zero-order chi connectivity index (χ0) is 16.3. The second-order valence-electron chi connectivity index (χ2n) is 4.98. The molecule has 1 heterocycles. The summed E-state index contributed by atoms with van der Waals surface area (Å²) in [7, 11) is 0. The highest BCUT2D eigenvalue weighted by Crippen LogP contribution is 2.22. The summed E-state index contributed by atoms with van der Waals surface area (Å²) in [6.07, 6.45) is -0.388. The lowest BCUT2D eigenvalue weighted by atomic mass is 10.1. The number of ether oxygens (including phenoxy) is 1. The molecule has 0 aliphatic carbocycles. The molecule has 0 unspecified atom stereocenters. The molecule has 0 spiro atoms. The van der Waals surface area contributed by atoms with Crippen LogP contribution in [0, 0.1) is 24.0 Å². The molecule has 0 saturated heterocycles. The van der Waals surface area contributed by atoms with Crippen molar-refractivity contribution in [1.82, 2.24) is 9.78 Å². The van der Waals surface area contributed by atoms with Crippen molar-refractivity contribution in [2.24, 2.45) is 0 Å². The predicted molar refractivity (Wildman–Crippen MR) is 79.3 cm³/mol. The number of carbonyl (C=O) groups is 1. The van der Waals surface area contributed by atoms with Crippen LogP contribution in [0.2, 0.25) is 0 Å². The summed E-state index contributed by atoms with van der Waals surface area (Å²) in [5, 5.41) is 15.0. The Bertz CT molecular complexity index is 694. The van der Waals surface area contributed by atoms with Crippen molar-refractivity contribution < 1.29 is 14.5 Å². The van der Waals surface area contributed by atoms with Crippen LogP contribution < -0.4 is 0 Å². The third-order valence-electron chi connectivity index (χ3n) is 3.38. The van der Waals surface area contributed by atoms with Crippen molar-refractivity contribution in [1.29, 1.82) is 0 Å². The molecular formula is C15H17N3O4. The van der Waals surface area contributed by atoms with Gasteiger partial charge in [-0.1, -0.05) is 30.3 Å². The van der Waals surface area contributed by atoms with Gasteiger partial charge in [-0.05, 0) is 26.3 Å². The molecule has 0 radical (unpaired) electrons. The molecule has 1 aromatic heterocycles. The Kier molecular flexibility index (Phi) is 4.55. The summed E-state index contributed by atoms with van der Waals surface area (Å²) in [5.74, 6) is -0.489. The van der Waals surface area contributed by atoms with Gasteiger partial charge in [0.05, 0.1) is 4.92 Å². The normalized spacial score (nSPS) is 12.0. The van der Waals surface area contributed by atoms with Crippen LogP contribution in [0.3, 0.4) is 0 Å². The van der Waals surface area contributed by atoms with Gasteiger partial charge in [0, 0.05) is 0 Å². The van der Waals surface area contributed by atoms with E-state index in [1.165, 1.54) is 4.68 Å². The first-order valence-corrected chi connectivity index (χ1v) is 6.83. The van der Waals surface area contributed by atoms with Gasteiger partial charge in [-0.2, -0.15) is 5.10 Å². The molecule has 7 nitrogen and oxygen atoms in total. The van der Waals surface area contributed by atoms with Crippen molar-refractivity contribution in [3.8, 4) is 0 Å². The van der Waals surface area contributed by atoms with E-state index < -0.39 is 10.9 Å². The molecule has 1 atom stereocenters. The highest BCUT2D eigenvalue weighted by molar-refractivity contribution is 5.69. The average Bonchev–Trinajstić information content (AvgIpc) is 2.74. The number of hydrogen-bond donors (Lipinski definition) is 0. The van der Waals surface area contributed by atoms with Crippen LogP contribution in [0.5, 0.6) is 0 Å². The number of rotatable bonds is 5. The molecule has 0 aliphatic heterocycles. The highest BCUT2D eigenvalue weighted by atomic mass is 16.6. The first-order valence-electron chi connectivity index (χ1n) is 6.83. The van der Waals surface area contributed by atoms with Crippen LogP contribution in [0.15, 0.2) is 30.3 Å². The van der Waals surface area contributed by atoms with Crippen LogP contribution in [-0.2, 0) is 16.1 Å². The number of hydrogen-bond acceptors (Lipinski definition) is 5. The molecule has 2 aromatic rings. The monoisotopic (exact) mass is 303 g/mol. The zero-order valence-corrected chi connectivity index (χ0v) is 12.6. The van der Waals surface area contributed by atoms with E-state index in [0.29, 0.717) is 5.69 Å². The second kappa shape index (κ2) is 6.38. The second-order valence-corrected chi connectivity index (χ2v) is 4.98. The fourth-order valence-corrected chi connectivity index (χ4v) is 2.25. The third-order valence-corrected chi connectivity index (χ3v) is 3.38. The summed E-state index contributed by atoms with van der Waals surface area (Å²) in [6, 6.07) is 9.35. The first kappa shape index (κ1) is 15.7. The maximum absolute atomic E-state index is 12.0. The quantitative estimate of drug-likeness (QED) is 0.481. The first-order chi connectivity index (χ1) is 10.4. The molecule has 0 saturated carbocycles. The Morgan fingerprint density at radius 3 is 2.55 bits per heavy atom. The van der Waals surface area contributed by atoms with Crippen LogP contribution in [-0.4, -0.2) is 20.7 Å². The van der Waals surface area contributed by atoms with E-state index >= 15 is 0 Å². The van der Waals surface area contributed by atoms with Gasteiger partial charge in [0.2, 0.25) is 0 Å². The summed E-state index contributed by atoms with van der Waals surface area (Å²) in [6.45, 7) is 4.72. The largest absolute Gasteiger partial charge is 0.456 e. The van der Waals surface area contributed by atoms with Crippen molar-refractivity contribution in [2.75, 3.05) is 0 Å². The summed E-state index contributed by atoms with van der Waals surface area (Å²) >= 11 is 0. The Morgan fingerprint density at radius 1 is 1.36 bits per heavy atom. The van der Waals surface area contributed by atoms with Crippen LogP contribution in [0.25, 0.3) is 0 Å². The maximum atomic E-state index is 12.0. The molecule has 116 valence electrons. The lowest BCUT2D eigenvalue weighted by molar-refractivity contribution is -0.386. The van der Waals surface area contributed by atoms with Gasteiger partial charge >= 0.3 is 11.7 Å². The van der Waals surface area contributed by atoms with Gasteiger partial charge < -0.3 is 4.74 Å². The molecule has 0 bridgehead atoms. The maximum Gasteiger partial charge on any atom is 0.328 e. The van der Waals surface area contributed by atoms with Gasteiger partial charge in [0.15, 0.2) is 0 Å². The minimum Gasteiger partial charge on any atom is -0.456 e. The minimum atomic E-state index is -0.494. The summed E-state index contributed by atoms with van der Waals surface area (Å²) < 4.78 is 6.63. The number of aromatic nitrogens is 2. The summed E-state index contributed by atoms with van der Waals surface area (Å²) in [5.41, 5.74) is 1.44. The Morgan fingerprint density at radius 2 is 2.00 bits per heavy atom. The number of nitro groups is 1. The van der Waals surface area contributed by atoms with Gasteiger partial charge in [0.25, 0.3) is 0 Å². The molecular weight excluding hydrogens is 286 g/mol. The fraction of sp³-hybridized carbons (Fsp3) is 0.333. The molecule has 1 aromatic carbocycles. The molecule has 0 fully saturated rings. The average molecular weight is 303 g/mol. The highest BCUT2D eigenvalue weighted by Gasteiger charge is 2.23. The summed E-state index contributed by atoms with van der Waals surface area (Å²) in [4.78, 5) is 22.4. The Labute approximate surface area is 127 Å². The molecule has 0 aliphatic rings. The fourth-order valence-electron chi connectivity index (χ4n) is 2.25. The smallest absolute Gasteiger partial charge is 0.328 e. The van der Waals surface area contributed by atoms with Crippen LogP contribution in [0.4, 0.5) is 5.69 Å². The van der Waals surface area contributed by atoms with Gasteiger partial charge in [0.1, 0.15) is 24.0 Å². The Hall–Kier alpha value is -2.70. The van der Waals surface area contributed by atoms with E-state index in [2.05, 4.69) is 5.10 Å². The predicted octanol–water partition coefficient (Wildman–Crippen LogP) is 2.71. The number of carbonyl (C=O) groups excluding carboxylic acids is 1. The lowest BCUT2D eigenvalue weighted by Gasteiger charge is -2.13. The number of esters is 1. The molecule has 7 heteroatoms. The van der Waals surface area contributed by atoms with E-state index in [0.717, 1.165) is 5.56 Å². The standard InChI is InChI=1S/C15H17N3O4/c1-10-15(18(20)21)11(2)17(16-10)9-14(19)22-12(3)13-7-5-4-6-8-13/h4-8,12H,9H2,1-3H3/t12-/m1/s1. The van der Waals surface area contributed by atoms with E-state index in [9.17, 15) is 14.9 Å². The number of benzene rings is 1. The van der Waals surface area contributed by atoms with Crippen molar-refractivity contribution >= 4 is 11.7 Å².